The third-order valence-electron chi connectivity index (χ3n) is 4.30. The van der Waals surface area contributed by atoms with E-state index in [1.165, 1.54) is 11.5 Å². The van der Waals surface area contributed by atoms with Crippen molar-refractivity contribution >= 4 is 57.9 Å². The number of aromatic nitrogens is 3. The molecule has 0 atom stereocenters. The summed E-state index contributed by atoms with van der Waals surface area (Å²) in [6, 6.07) is 0. The molecule has 29 heavy (non-hydrogen) atoms. The van der Waals surface area contributed by atoms with E-state index in [4.69, 9.17) is 0 Å². The van der Waals surface area contributed by atoms with Crippen LogP contribution in [0.4, 0.5) is 18.3 Å². The van der Waals surface area contributed by atoms with Gasteiger partial charge in [0.25, 0.3) is 0 Å². The van der Waals surface area contributed by atoms with E-state index in [0.29, 0.717) is 18.0 Å². The summed E-state index contributed by atoms with van der Waals surface area (Å²) in [4.78, 5) is 16.8. The highest BCUT2D eigenvalue weighted by molar-refractivity contribution is 14.0. The molecule has 0 aromatic carbocycles. The van der Waals surface area contributed by atoms with Gasteiger partial charge in [-0.1, -0.05) is 6.92 Å². The van der Waals surface area contributed by atoms with Gasteiger partial charge in [-0.2, -0.15) is 17.5 Å². The summed E-state index contributed by atoms with van der Waals surface area (Å²) in [6.07, 6.45) is -3.14. The van der Waals surface area contributed by atoms with Crippen molar-refractivity contribution in [3.63, 3.8) is 0 Å². The predicted octanol–water partition coefficient (Wildman–Crippen LogP) is 3.13. The van der Waals surface area contributed by atoms with Crippen LogP contribution in [0.25, 0.3) is 0 Å². The number of nitrogens with zero attached hydrogens (tertiary/aromatic N) is 6. The summed E-state index contributed by atoms with van der Waals surface area (Å²) < 4.78 is 42.2. The molecule has 0 amide bonds. The largest absolute Gasteiger partial charge is 0.434 e. The van der Waals surface area contributed by atoms with E-state index in [2.05, 4.69) is 34.5 Å². The average Bonchev–Trinajstić information content (AvgIpc) is 3.35. The molecule has 0 bridgehead atoms. The lowest BCUT2D eigenvalue weighted by Gasteiger charge is -2.36. The Balaban J connectivity index is 0.00000300. The number of guanidine groups is 1. The zero-order chi connectivity index (χ0) is 20.1. The molecule has 2 aromatic rings. The summed E-state index contributed by atoms with van der Waals surface area (Å²) in [5, 5.41) is 5.69. The van der Waals surface area contributed by atoms with Crippen molar-refractivity contribution in [1.29, 1.82) is 0 Å². The zero-order valence-corrected chi connectivity index (χ0v) is 20.0. The van der Waals surface area contributed by atoms with Gasteiger partial charge in [0, 0.05) is 69.5 Å². The lowest BCUT2D eigenvalue weighted by molar-refractivity contribution is -0.140. The van der Waals surface area contributed by atoms with E-state index in [9.17, 15) is 13.2 Å². The molecule has 1 saturated heterocycles. The number of hydrogen-bond acceptors (Lipinski definition) is 7. The highest BCUT2D eigenvalue weighted by Crippen LogP contribution is 2.30. The number of aryl methyl sites for hydroxylation is 1. The van der Waals surface area contributed by atoms with Crippen LogP contribution in [0, 0.1) is 0 Å². The van der Waals surface area contributed by atoms with Crippen LogP contribution in [0.5, 0.6) is 0 Å². The van der Waals surface area contributed by atoms with Gasteiger partial charge in [0.15, 0.2) is 11.7 Å². The van der Waals surface area contributed by atoms with Gasteiger partial charge in [0.2, 0.25) is 5.13 Å². The second-order valence-electron chi connectivity index (χ2n) is 6.17. The lowest BCUT2D eigenvalue weighted by Crippen LogP contribution is -2.52. The van der Waals surface area contributed by atoms with Crippen LogP contribution in [-0.4, -0.2) is 65.0 Å². The molecule has 0 saturated carbocycles. The maximum Gasteiger partial charge on any atom is 0.434 e. The number of thiazole rings is 1. The standard InChI is InChI=1S/C16H22F3N7S2.HI/c1-3-12-23-15(28-24-12)26-8-6-25(7-9-26)14(20-2)21-5-4-13-22-11(10-27-13)16(17,18)19;/h10H,3-9H2,1-2H3,(H,20,21);1H. The fourth-order valence-corrected chi connectivity index (χ4v) is 4.40. The molecule has 0 unspecified atom stereocenters. The summed E-state index contributed by atoms with van der Waals surface area (Å²) in [5.74, 6) is 1.62. The van der Waals surface area contributed by atoms with Crippen molar-refractivity contribution in [2.45, 2.75) is 25.9 Å². The van der Waals surface area contributed by atoms with E-state index in [0.717, 1.165) is 66.2 Å². The highest BCUT2D eigenvalue weighted by atomic mass is 127. The summed E-state index contributed by atoms with van der Waals surface area (Å²) in [6.45, 7) is 5.73. The minimum atomic E-state index is -4.39. The van der Waals surface area contributed by atoms with E-state index in [-0.39, 0.29) is 24.0 Å². The number of alkyl halides is 3. The molecule has 1 aliphatic heterocycles. The van der Waals surface area contributed by atoms with Crippen LogP contribution in [0.2, 0.25) is 0 Å². The van der Waals surface area contributed by atoms with Crippen molar-refractivity contribution in [3.05, 3.63) is 21.9 Å². The fourth-order valence-electron chi connectivity index (χ4n) is 2.80. The van der Waals surface area contributed by atoms with Crippen molar-refractivity contribution in [1.82, 2.24) is 24.6 Å². The Hall–Kier alpha value is -1.22. The zero-order valence-electron chi connectivity index (χ0n) is 16.1. The minimum Gasteiger partial charge on any atom is -0.356 e. The first-order chi connectivity index (χ1) is 13.4. The Morgan fingerprint density at radius 3 is 2.52 bits per heavy atom. The van der Waals surface area contributed by atoms with E-state index in [1.807, 2.05) is 6.92 Å². The maximum atomic E-state index is 12.6. The van der Waals surface area contributed by atoms with Gasteiger partial charge < -0.3 is 15.1 Å². The van der Waals surface area contributed by atoms with E-state index in [1.54, 1.807) is 7.05 Å². The number of halogens is 4. The van der Waals surface area contributed by atoms with E-state index >= 15 is 0 Å². The molecule has 3 heterocycles. The van der Waals surface area contributed by atoms with Crippen LogP contribution in [0.1, 0.15) is 23.4 Å². The normalized spacial score (nSPS) is 15.4. The van der Waals surface area contributed by atoms with Crippen molar-refractivity contribution in [3.8, 4) is 0 Å². The van der Waals surface area contributed by atoms with Crippen LogP contribution in [-0.2, 0) is 19.0 Å². The molecular formula is C16H23F3IN7S2. The first-order valence-electron chi connectivity index (χ1n) is 8.95. The van der Waals surface area contributed by atoms with Crippen LogP contribution >= 0.6 is 46.8 Å². The van der Waals surface area contributed by atoms with Crippen LogP contribution in [0.15, 0.2) is 10.4 Å². The lowest BCUT2D eigenvalue weighted by atomic mass is 10.3. The first-order valence-corrected chi connectivity index (χ1v) is 10.6. The van der Waals surface area contributed by atoms with Crippen molar-refractivity contribution < 1.29 is 13.2 Å². The fraction of sp³-hybridized carbons (Fsp3) is 0.625. The van der Waals surface area contributed by atoms with Crippen molar-refractivity contribution in [2.24, 2.45) is 4.99 Å². The first kappa shape index (κ1) is 24.1. The summed E-state index contributed by atoms with van der Waals surface area (Å²) in [5.41, 5.74) is -0.823. The molecule has 1 N–H and O–H groups in total. The van der Waals surface area contributed by atoms with Gasteiger partial charge in [-0.15, -0.1) is 35.3 Å². The molecule has 2 aromatic heterocycles. The molecule has 162 valence electrons. The van der Waals surface area contributed by atoms with Gasteiger partial charge in [0.1, 0.15) is 5.82 Å². The monoisotopic (exact) mass is 561 g/mol. The third-order valence-corrected chi connectivity index (χ3v) is 6.02. The number of aliphatic imine (C=N–C) groups is 1. The van der Waals surface area contributed by atoms with Gasteiger partial charge in [0.05, 0.1) is 5.01 Å². The van der Waals surface area contributed by atoms with Gasteiger partial charge in [-0.3, -0.25) is 4.99 Å². The van der Waals surface area contributed by atoms with Crippen LogP contribution in [0.3, 0.4) is 0 Å². The average molecular weight is 561 g/mol. The topological polar surface area (TPSA) is 69.5 Å². The number of nitrogens with one attached hydrogen (secondary N) is 1. The molecule has 1 aliphatic rings. The Bertz CT molecular complexity index is 801. The van der Waals surface area contributed by atoms with Crippen molar-refractivity contribution in [2.75, 3.05) is 44.7 Å². The minimum absolute atomic E-state index is 0. The molecule has 0 aliphatic carbocycles. The molecule has 0 radical (unpaired) electrons. The van der Waals surface area contributed by atoms with Gasteiger partial charge in [-0.25, -0.2) is 9.97 Å². The number of rotatable bonds is 5. The van der Waals surface area contributed by atoms with Gasteiger partial charge >= 0.3 is 6.18 Å². The second-order valence-corrected chi connectivity index (χ2v) is 7.84. The Morgan fingerprint density at radius 1 is 1.24 bits per heavy atom. The number of hydrogen-bond donors (Lipinski definition) is 1. The molecule has 7 nitrogen and oxygen atoms in total. The molecule has 0 spiro atoms. The summed E-state index contributed by atoms with van der Waals surface area (Å²) in [7, 11) is 1.71. The molecule has 1 fully saturated rings. The second kappa shape index (κ2) is 10.7. The molecule has 13 heteroatoms. The smallest absolute Gasteiger partial charge is 0.356 e. The number of piperazine rings is 1. The Morgan fingerprint density at radius 2 is 1.97 bits per heavy atom. The Kier molecular flexibility index (Phi) is 8.88. The Labute approximate surface area is 192 Å². The molecule has 3 rings (SSSR count). The maximum absolute atomic E-state index is 12.6. The predicted molar refractivity (Wildman–Crippen MR) is 121 cm³/mol. The van der Waals surface area contributed by atoms with Gasteiger partial charge in [-0.05, 0) is 0 Å². The molecular weight excluding hydrogens is 538 g/mol. The quantitative estimate of drug-likeness (QED) is 0.344. The third kappa shape index (κ3) is 6.38. The highest BCUT2D eigenvalue weighted by Gasteiger charge is 2.33. The summed E-state index contributed by atoms with van der Waals surface area (Å²) >= 11 is 2.46. The SMILES string of the molecule is CCc1nsc(N2CCN(C(=NC)NCCc3nc(C(F)(F)F)cs3)CC2)n1.I. The number of anilines is 1. The van der Waals surface area contributed by atoms with E-state index < -0.39 is 11.9 Å². The van der Waals surface area contributed by atoms with Crippen LogP contribution < -0.4 is 10.2 Å².